The Morgan fingerprint density at radius 1 is 1.42 bits per heavy atom. The zero-order valence-electron chi connectivity index (χ0n) is 12.4. The molecular formula is C16H25NO2. The van der Waals surface area contributed by atoms with Gasteiger partial charge in [-0.25, -0.2) is 0 Å². The van der Waals surface area contributed by atoms with E-state index in [2.05, 4.69) is 25.8 Å². The van der Waals surface area contributed by atoms with Crippen molar-refractivity contribution in [2.75, 3.05) is 0 Å². The monoisotopic (exact) mass is 263 g/mol. The Hall–Kier alpha value is -1.09. The third-order valence-corrected chi connectivity index (χ3v) is 3.89. The summed E-state index contributed by atoms with van der Waals surface area (Å²) >= 11 is 0. The fraction of sp³-hybridized carbons (Fsp3) is 0.688. The van der Waals surface area contributed by atoms with Crippen LogP contribution in [0.1, 0.15) is 51.3 Å². The summed E-state index contributed by atoms with van der Waals surface area (Å²) in [6.45, 7) is 8.84. The van der Waals surface area contributed by atoms with Crippen LogP contribution in [0.2, 0.25) is 0 Å². The second-order valence-corrected chi connectivity index (χ2v) is 6.74. The smallest absolute Gasteiger partial charge is 0.128 e. The van der Waals surface area contributed by atoms with Gasteiger partial charge in [-0.2, -0.15) is 0 Å². The van der Waals surface area contributed by atoms with Gasteiger partial charge in [-0.3, -0.25) is 4.98 Å². The molecule has 1 aromatic rings. The zero-order chi connectivity index (χ0) is 14.0. The van der Waals surface area contributed by atoms with Crippen LogP contribution in [0.25, 0.3) is 0 Å². The van der Waals surface area contributed by atoms with Gasteiger partial charge < -0.3 is 9.84 Å². The fourth-order valence-electron chi connectivity index (χ4n) is 3.32. The number of hydrogen-bond acceptors (Lipinski definition) is 3. The number of ether oxygens (including phenoxy) is 1. The van der Waals surface area contributed by atoms with Gasteiger partial charge in [0.05, 0.1) is 12.7 Å². The van der Waals surface area contributed by atoms with Gasteiger partial charge in [0.25, 0.3) is 0 Å². The molecule has 1 fully saturated rings. The van der Waals surface area contributed by atoms with Gasteiger partial charge in [-0.15, -0.1) is 0 Å². The van der Waals surface area contributed by atoms with Gasteiger partial charge in [0.15, 0.2) is 0 Å². The predicted molar refractivity (Wildman–Crippen MR) is 76.1 cm³/mol. The average molecular weight is 263 g/mol. The Labute approximate surface area is 116 Å². The zero-order valence-corrected chi connectivity index (χ0v) is 12.4. The van der Waals surface area contributed by atoms with Crippen molar-refractivity contribution in [2.24, 2.45) is 11.3 Å². The summed E-state index contributed by atoms with van der Waals surface area (Å²) in [5.74, 6) is 1.49. The third kappa shape index (κ3) is 3.69. The standard InChI is InChI=1S/C16H25NO2/c1-11-5-14(8-16(3,4)7-11)19-15-6-12(2)17-9-13(15)10-18/h6,9,11,14,18H,5,7-8,10H2,1-4H3. The molecular weight excluding hydrogens is 238 g/mol. The highest BCUT2D eigenvalue weighted by atomic mass is 16.5. The molecule has 0 bridgehead atoms. The molecule has 1 saturated carbocycles. The molecule has 2 unspecified atom stereocenters. The largest absolute Gasteiger partial charge is 0.490 e. The normalized spacial score (nSPS) is 26.2. The van der Waals surface area contributed by atoms with E-state index in [4.69, 9.17) is 4.74 Å². The molecule has 1 heterocycles. The third-order valence-electron chi connectivity index (χ3n) is 3.89. The number of aryl methyl sites for hydroxylation is 1. The minimum Gasteiger partial charge on any atom is -0.490 e. The van der Waals surface area contributed by atoms with Gasteiger partial charge in [0.2, 0.25) is 0 Å². The minimum absolute atomic E-state index is 0.0196. The van der Waals surface area contributed by atoms with E-state index in [1.54, 1.807) is 6.20 Å². The first kappa shape index (κ1) is 14.3. The lowest BCUT2D eigenvalue weighted by molar-refractivity contribution is 0.0546. The van der Waals surface area contributed by atoms with Crippen LogP contribution in [-0.2, 0) is 6.61 Å². The summed E-state index contributed by atoms with van der Waals surface area (Å²) in [5, 5.41) is 9.37. The van der Waals surface area contributed by atoms with Crippen molar-refractivity contribution in [3.05, 3.63) is 23.5 Å². The molecule has 3 heteroatoms. The van der Waals surface area contributed by atoms with Crippen LogP contribution in [0, 0.1) is 18.3 Å². The van der Waals surface area contributed by atoms with E-state index < -0.39 is 0 Å². The topological polar surface area (TPSA) is 42.4 Å². The van der Waals surface area contributed by atoms with Crippen molar-refractivity contribution in [2.45, 2.75) is 59.7 Å². The molecule has 3 nitrogen and oxygen atoms in total. The minimum atomic E-state index is -0.0196. The van der Waals surface area contributed by atoms with E-state index >= 15 is 0 Å². The molecule has 1 aliphatic carbocycles. The highest BCUT2D eigenvalue weighted by Crippen LogP contribution is 2.40. The van der Waals surface area contributed by atoms with Gasteiger partial charge in [0, 0.05) is 23.5 Å². The van der Waals surface area contributed by atoms with Crippen molar-refractivity contribution in [1.29, 1.82) is 0 Å². The van der Waals surface area contributed by atoms with E-state index in [0.717, 1.165) is 29.8 Å². The molecule has 0 radical (unpaired) electrons. The number of aromatic nitrogens is 1. The highest BCUT2D eigenvalue weighted by Gasteiger charge is 2.33. The molecule has 1 aromatic heterocycles. The number of pyridine rings is 1. The Kier molecular flexibility index (Phi) is 4.14. The molecule has 0 spiro atoms. The summed E-state index contributed by atoms with van der Waals surface area (Å²) in [4.78, 5) is 4.21. The molecule has 19 heavy (non-hydrogen) atoms. The summed E-state index contributed by atoms with van der Waals surface area (Å²) in [7, 11) is 0. The van der Waals surface area contributed by atoms with E-state index in [9.17, 15) is 5.11 Å². The lowest BCUT2D eigenvalue weighted by Crippen LogP contribution is -2.34. The Morgan fingerprint density at radius 3 is 2.79 bits per heavy atom. The molecule has 1 aliphatic rings. The van der Waals surface area contributed by atoms with Crippen molar-refractivity contribution < 1.29 is 9.84 Å². The van der Waals surface area contributed by atoms with Crippen LogP contribution in [0.3, 0.4) is 0 Å². The van der Waals surface area contributed by atoms with Crippen molar-refractivity contribution >= 4 is 0 Å². The maximum atomic E-state index is 9.37. The van der Waals surface area contributed by atoms with Crippen LogP contribution in [0.5, 0.6) is 5.75 Å². The Morgan fingerprint density at radius 2 is 2.16 bits per heavy atom. The molecule has 0 aliphatic heterocycles. The molecule has 106 valence electrons. The summed E-state index contributed by atoms with van der Waals surface area (Å²) < 4.78 is 6.16. The lowest BCUT2D eigenvalue weighted by atomic mass is 9.71. The first-order valence-electron chi connectivity index (χ1n) is 7.12. The second-order valence-electron chi connectivity index (χ2n) is 6.74. The number of aliphatic hydroxyl groups is 1. The molecule has 2 rings (SSSR count). The lowest BCUT2D eigenvalue weighted by Gasteiger charge is -2.39. The maximum absolute atomic E-state index is 9.37. The summed E-state index contributed by atoms with van der Waals surface area (Å²) in [6, 6.07) is 1.93. The Bertz CT molecular complexity index is 442. The molecule has 0 amide bonds. The van der Waals surface area contributed by atoms with Crippen LogP contribution < -0.4 is 4.74 Å². The van der Waals surface area contributed by atoms with Crippen LogP contribution in [0.4, 0.5) is 0 Å². The quantitative estimate of drug-likeness (QED) is 0.908. The van der Waals surface area contributed by atoms with E-state index in [1.165, 1.54) is 6.42 Å². The number of rotatable bonds is 3. The van der Waals surface area contributed by atoms with Crippen LogP contribution >= 0.6 is 0 Å². The van der Waals surface area contributed by atoms with Crippen LogP contribution in [0.15, 0.2) is 12.3 Å². The maximum Gasteiger partial charge on any atom is 0.128 e. The van der Waals surface area contributed by atoms with Crippen molar-refractivity contribution in [3.8, 4) is 5.75 Å². The van der Waals surface area contributed by atoms with Gasteiger partial charge in [0.1, 0.15) is 5.75 Å². The van der Waals surface area contributed by atoms with Crippen molar-refractivity contribution in [1.82, 2.24) is 4.98 Å². The van der Waals surface area contributed by atoms with Crippen LogP contribution in [-0.4, -0.2) is 16.2 Å². The van der Waals surface area contributed by atoms with E-state index in [-0.39, 0.29) is 12.7 Å². The number of aliphatic hydroxyl groups excluding tert-OH is 1. The highest BCUT2D eigenvalue weighted by molar-refractivity contribution is 5.32. The number of nitrogens with zero attached hydrogens (tertiary/aromatic N) is 1. The molecule has 0 aromatic carbocycles. The average Bonchev–Trinajstić information content (AvgIpc) is 2.26. The molecule has 2 atom stereocenters. The Balaban J connectivity index is 2.14. The van der Waals surface area contributed by atoms with E-state index in [0.29, 0.717) is 11.3 Å². The molecule has 1 N–H and O–H groups in total. The SMILES string of the molecule is Cc1cc(OC2CC(C)CC(C)(C)C2)c(CO)cn1. The second kappa shape index (κ2) is 5.49. The first-order valence-corrected chi connectivity index (χ1v) is 7.12. The summed E-state index contributed by atoms with van der Waals surface area (Å²) in [5.41, 5.74) is 2.04. The van der Waals surface area contributed by atoms with Gasteiger partial charge in [-0.05, 0) is 37.5 Å². The molecule has 0 saturated heterocycles. The predicted octanol–water partition coefficient (Wildman–Crippen LogP) is 3.48. The van der Waals surface area contributed by atoms with Gasteiger partial charge >= 0.3 is 0 Å². The van der Waals surface area contributed by atoms with Crippen molar-refractivity contribution in [3.63, 3.8) is 0 Å². The van der Waals surface area contributed by atoms with E-state index in [1.807, 2.05) is 13.0 Å². The fourth-order valence-corrected chi connectivity index (χ4v) is 3.32. The summed E-state index contributed by atoms with van der Waals surface area (Å²) in [6.07, 6.45) is 5.38. The first-order chi connectivity index (χ1) is 8.89. The van der Waals surface area contributed by atoms with Gasteiger partial charge in [-0.1, -0.05) is 20.8 Å². The number of hydrogen-bond donors (Lipinski definition) is 1.